The molecule has 0 bridgehead atoms. The van der Waals surface area contributed by atoms with E-state index in [-0.39, 0.29) is 12.6 Å². The Morgan fingerprint density at radius 3 is 2.14 bits per heavy atom. The van der Waals surface area contributed by atoms with Crippen LogP contribution in [0.15, 0.2) is 0 Å². The van der Waals surface area contributed by atoms with Crippen molar-refractivity contribution in [2.45, 2.75) is 32.5 Å². The van der Waals surface area contributed by atoms with Crippen molar-refractivity contribution in [2.24, 2.45) is 0 Å². The number of ether oxygens (including phenoxy) is 1. The maximum Gasteiger partial charge on any atom is 0.390 e. The summed E-state index contributed by atoms with van der Waals surface area (Å²) in [7, 11) is 1.54. The third kappa shape index (κ3) is 7.15. The predicted molar refractivity (Wildman–Crippen MR) is 49.3 cm³/mol. The number of hydrogen-bond acceptors (Lipinski definition) is 2. The summed E-state index contributed by atoms with van der Waals surface area (Å²) in [5.74, 6) is 0. The molecule has 0 unspecified atom stereocenters. The fourth-order valence-corrected chi connectivity index (χ4v) is 1.11. The first-order valence-corrected chi connectivity index (χ1v) is 4.66. The number of alkyl halides is 3. The van der Waals surface area contributed by atoms with E-state index in [4.69, 9.17) is 4.74 Å². The second kappa shape index (κ2) is 6.24. The molecule has 0 heterocycles. The van der Waals surface area contributed by atoms with Crippen LogP contribution in [0, 0.1) is 0 Å². The summed E-state index contributed by atoms with van der Waals surface area (Å²) in [6.45, 7) is 4.82. The fourth-order valence-electron chi connectivity index (χ4n) is 1.11. The molecule has 2 nitrogen and oxygen atoms in total. The lowest BCUT2D eigenvalue weighted by molar-refractivity contribution is -0.139. The number of hydrogen-bond donors (Lipinski definition) is 0. The van der Waals surface area contributed by atoms with Crippen LogP contribution in [0.5, 0.6) is 0 Å². The fraction of sp³-hybridized carbons (Fsp3) is 1.00. The van der Waals surface area contributed by atoms with Crippen molar-refractivity contribution in [3.8, 4) is 0 Å². The van der Waals surface area contributed by atoms with Gasteiger partial charge in [-0.3, -0.25) is 4.90 Å². The van der Waals surface area contributed by atoms with E-state index in [0.29, 0.717) is 13.2 Å². The summed E-state index contributed by atoms with van der Waals surface area (Å²) in [6.07, 6.45) is -4.82. The van der Waals surface area contributed by atoms with Gasteiger partial charge in [0.15, 0.2) is 0 Å². The third-order valence-electron chi connectivity index (χ3n) is 2.00. The molecular formula is C9H18F3NO. The quantitative estimate of drug-likeness (QED) is 0.671. The summed E-state index contributed by atoms with van der Waals surface area (Å²) in [6, 6.07) is 0.118. The van der Waals surface area contributed by atoms with Crippen molar-refractivity contribution in [3.63, 3.8) is 0 Å². The van der Waals surface area contributed by atoms with Crippen molar-refractivity contribution in [2.75, 3.05) is 26.8 Å². The van der Waals surface area contributed by atoms with E-state index >= 15 is 0 Å². The lowest BCUT2D eigenvalue weighted by atomic mass is 10.3. The molecule has 14 heavy (non-hydrogen) atoms. The van der Waals surface area contributed by atoms with Crippen LogP contribution >= 0.6 is 0 Å². The molecule has 0 fully saturated rings. The van der Waals surface area contributed by atoms with Gasteiger partial charge in [0, 0.05) is 26.2 Å². The van der Waals surface area contributed by atoms with Crippen LogP contribution in [-0.4, -0.2) is 43.9 Å². The topological polar surface area (TPSA) is 12.5 Å². The van der Waals surface area contributed by atoms with Gasteiger partial charge in [-0.1, -0.05) is 0 Å². The Balaban J connectivity index is 3.85. The Labute approximate surface area is 83.0 Å². The molecule has 0 atom stereocenters. The van der Waals surface area contributed by atoms with Crippen molar-refractivity contribution in [1.82, 2.24) is 4.90 Å². The van der Waals surface area contributed by atoms with E-state index < -0.39 is 12.6 Å². The van der Waals surface area contributed by atoms with Gasteiger partial charge in [-0.25, -0.2) is 0 Å². The largest absolute Gasteiger partial charge is 0.390 e. The van der Waals surface area contributed by atoms with Gasteiger partial charge in [0.05, 0.1) is 13.0 Å². The zero-order valence-corrected chi connectivity index (χ0v) is 8.90. The third-order valence-corrected chi connectivity index (χ3v) is 2.00. The van der Waals surface area contributed by atoms with E-state index in [2.05, 4.69) is 0 Å². The Morgan fingerprint density at radius 1 is 1.21 bits per heavy atom. The minimum Gasteiger partial charge on any atom is -0.383 e. The number of rotatable bonds is 6. The van der Waals surface area contributed by atoms with Crippen molar-refractivity contribution >= 4 is 0 Å². The molecule has 0 spiro atoms. The molecule has 0 radical (unpaired) electrons. The van der Waals surface area contributed by atoms with E-state index in [9.17, 15) is 13.2 Å². The summed E-state index contributed by atoms with van der Waals surface area (Å²) in [5, 5.41) is 0. The maximum absolute atomic E-state index is 11.9. The molecule has 0 aromatic rings. The molecule has 0 aromatic heterocycles. The van der Waals surface area contributed by atoms with Crippen molar-refractivity contribution in [1.29, 1.82) is 0 Å². The Kier molecular flexibility index (Phi) is 6.11. The van der Waals surface area contributed by atoms with E-state index in [0.717, 1.165) is 0 Å². The first kappa shape index (κ1) is 13.7. The first-order valence-electron chi connectivity index (χ1n) is 4.66. The highest BCUT2D eigenvalue weighted by Crippen LogP contribution is 2.20. The lowest BCUT2D eigenvalue weighted by Gasteiger charge is -2.26. The van der Waals surface area contributed by atoms with Crippen LogP contribution in [-0.2, 0) is 4.74 Å². The van der Waals surface area contributed by atoms with E-state index in [1.807, 2.05) is 13.8 Å². The van der Waals surface area contributed by atoms with Crippen LogP contribution in [0.2, 0.25) is 0 Å². The highest BCUT2D eigenvalue weighted by molar-refractivity contribution is 4.64. The highest BCUT2D eigenvalue weighted by Gasteiger charge is 2.28. The van der Waals surface area contributed by atoms with E-state index in [1.165, 1.54) is 0 Å². The second-order valence-electron chi connectivity index (χ2n) is 3.49. The van der Waals surface area contributed by atoms with Gasteiger partial charge in [0.1, 0.15) is 0 Å². The van der Waals surface area contributed by atoms with Crippen LogP contribution in [0.25, 0.3) is 0 Å². The second-order valence-corrected chi connectivity index (χ2v) is 3.49. The van der Waals surface area contributed by atoms with Crippen LogP contribution in [0.1, 0.15) is 20.3 Å². The van der Waals surface area contributed by atoms with E-state index in [1.54, 1.807) is 12.0 Å². The van der Waals surface area contributed by atoms with Gasteiger partial charge in [-0.15, -0.1) is 0 Å². The molecule has 0 aliphatic carbocycles. The molecule has 0 saturated heterocycles. The molecule has 0 rings (SSSR count). The van der Waals surface area contributed by atoms with Crippen molar-refractivity contribution < 1.29 is 17.9 Å². The Morgan fingerprint density at radius 2 is 1.79 bits per heavy atom. The van der Waals surface area contributed by atoms with Crippen molar-refractivity contribution in [3.05, 3.63) is 0 Å². The molecule has 86 valence electrons. The molecule has 0 aliphatic rings. The van der Waals surface area contributed by atoms with Gasteiger partial charge >= 0.3 is 6.18 Å². The SMILES string of the molecule is COCCN(CCC(F)(F)F)C(C)C. The molecule has 0 aromatic carbocycles. The van der Waals surface area contributed by atoms with Gasteiger partial charge in [0.2, 0.25) is 0 Å². The number of nitrogens with zero attached hydrogens (tertiary/aromatic N) is 1. The molecule has 0 aliphatic heterocycles. The Hall–Kier alpha value is -0.290. The summed E-state index contributed by atoms with van der Waals surface area (Å²) >= 11 is 0. The highest BCUT2D eigenvalue weighted by atomic mass is 19.4. The molecule has 0 N–H and O–H groups in total. The molecule has 0 saturated carbocycles. The molecular weight excluding hydrogens is 195 g/mol. The Bertz CT molecular complexity index is 147. The maximum atomic E-state index is 11.9. The molecule has 0 amide bonds. The molecule has 5 heteroatoms. The minimum absolute atomic E-state index is 0.0462. The number of methoxy groups -OCH3 is 1. The average molecular weight is 213 g/mol. The normalized spacial score (nSPS) is 12.9. The van der Waals surface area contributed by atoms with Gasteiger partial charge in [-0.05, 0) is 13.8 Å². The average Bonchev–Trinajstić information content (AvgIpc) is 2.01. The first-order chi connectivity index (χ1) is 6.37. The predicted octanol–water partition coefficient (Wildman–Crippen LogP) is 2.30. The summed E-state index contributed by atoms with van der Waals surface area (Å²) in [5.41, 5.74) is 0. The minimum atomic E-state index is -4.07. The van der Waals surface area contributed by atoms with Gasteiger partial charge < -0.3 is 4.74 Å². The van der Waals surface area contributed by atoms with Gasteiger partial charge in [0.25, 0.3) is 0 Å². The number of halogens is 3. The zero-order valence-electron chi connectivity index (χ0n) is 8.90. The monoisotopic (exact) mass is 213 g/mol. The standard InChI is InChI=1S/C9H18F3NO/c1-8(2)13(6-7-14-3)5-4-9(10,11)12/h8H,4-7H2,1-3H3. The van der Waals surface area contributed by atoms with Crippen LogP contribution in [0.4, 0.5) is 13.2 Å². The smallest absolute Gasteiger partial charge is 0.383 e. The summed E-state index contributed by atoms with van der Waals surface area (Å²) in [4.78, 5) is 1.76. The summed E-state index contributed by atoms with van der Waals surface area (Å²) < 4.78 is 40.7. The van der Waals surface area contributed by atoms with Crippen LogP contribution in [0.3, 0.4) is 0 Å². The zero-order chi connectivity index (χ0) is 11.2. The lowest BCUT2D eigenvalue weighted by Crippen LogP contribution is -2.36. The van der Waals surface area contributed by atoms with Crippen LogP contribution < -0.4 is 0 Å². The van der Waals surface area contributed by atoms with Gasteiger partial charge in [-0.2, -0.15) is 13.2 Å².